The van der Waals surface area contributed by atoms with E-state index in [4.69, 9.17) is 4.74 Å². The Kier molecular flexibility index (Phi) is 6.58. The van der Waals surface area contributed by atoms with E-state index in [2.05, 4.69) is 0 Å². The molecule has 1 rings (SSSR count). The molecule has 0 aliphatic rings. The molecule has 0 heterocycles. The van der Waals surface area contributed by atoms with Gasteiger partial charge in [-0.15, -0.1) is 0 Å². The molecule has 3 nitrogen and oxygen atoms in total. The lowest BCUT2D eigenvalue weighted by atomic mass is 10.1. The van der Waals surface area contributed by atoms with Crippen molar-refractivity contribution in [3.8, 4) is 5.75 Å². The summed E-state index contributed by atoms with van der Waals surface area (Å²) in [7, 11) is 1.63. The number of methoxy groups -OCH3 is 1. The van der Waals surface area contributed by atoms with E-state index in [-0.39, 0.29) is 11.6 Å². The van der Waals surface area contributed by atoms with Gasteiger partial charge in [0.2, 0.25) is 0 Å². The number of allylic oxidation sites excluding steroid dienone is 2. The molecule has 0 saturated heterocycles. The molecule has 0 radical (unpaired) electrons. The maximum absolute atomic E-state index is 11.5. The number of carbonyl (C=O) groups excluding carboxylic acids is 2. The molecule has 0 aliphatic heterocycles. The minimum atomic E-state index is 0.0785. The van der Waals surface area contributed by atoms with Gasteiger partial charge in [-0.05, 0) is 43.5 Å². The Hall–Kier alpha value is -1.90. The van der Waals surface area contributed by atoms with E-state index < -0.39 is 0 Å². The Labute approximate surface area is 114 Å². The van der Waals surface area contributed by atoms with Gasteiger partial charge >= 0.3 is 0 Å². The average molecular weight is 260 g/mol. The number of hydrogen-bond acceptors (Lipinski definition) is 3. The summed E-state index contributed by atoms with van der Waals surface area (Å²) >= 11 is 0. The van der Waals surface area contributed by atoms with E-state index >= 15 is 0 Å². The Morgan fingerprint density at radius 3 is 2.42 bits per heavy atom. The Bertz CT molecular complexity index is 444. The van der Waals surface area contributed by atoms with Gasteiger partial charge in [-0.3, -0.25) is 4.79 Å². The van der Waals surface area contributed by atoms with Gasteiger partial charge in [0, 0.05) is 12.8 Å². The van der Waals surface area contributed by atoms with Gasteiger partial charge in [0.25, 0.3) is 0 Å². The van der Waals surface area contributed by atoms with Gasteiger partial charge in [-0.2, -0.15) is 0 Å². The van der Waals surface area contributed by atoms with Crippen molar-refractivity contribution >= 4 is 11.6 Å². The predicted octanol–water partition coefficient (Wildman–Crippen LogP) is 3.12. The lowest BCUT2D eigenvalue weighted by Gasteiger charge is -2.00. The van der Waals surface area contributed by atoms with Crippen molar-refractivity contribution in [2.75, 3.05) is 7.11 Å². The zero-order chi connectivity index (χ0) is 14.1. The number of Topliss-reactive ketones (excluding diaryl/α,β-unsaturated/α-hetero) is 1. The van der Waals surface area contributed by atoms with Gasteiger partial charge in [0.05, 0.1) is 7.11 Å². The first-order valence-electron chi connectivity index (χ1n) is 6.43. The maximum atomic E-state index is 11.5. The topological polar surface area (TPSA) is 43.4 Å². The van der Waals surface area contributed by atoms with Gasteiger partial charge in [0.15, 0.2) is 5.78 Å². The summed E-state index contributed by atoms with van der Waals surface area (Å²) in [6.45, 7) is 1.55. The van der Waals surface area contributed by atoms with Crippen molar-refractivity contribution in [1.82, 2.24) is 0 Å². The molecule has 0 bridgehead atoms. The van der Waals surface area contributed by atoms with E-state index in [0.29, 0.717) is 19.3 Å². The summed E-state index contributed by atoms with van der Waals surface area (Å²) in [5, 5.41) is 0. The highest BCUT2D eigenvalue weighted by Gasteiger charge is 1.99. The third kappa shape index (κ3) is 6.55. The Balaban J connectivity index is 2.32. The molecular formula is C16H20O3. The van der Waals surface area contributed by atoms with Crippen LogP contribution in [-0.4, -0.2) is 18.7 Å². The van der Waals surface area contributed by atoms with Crippen LogP contribution in [0.15, 0.2) is 36.4 Å². The number of ketones is 2. The first-order valence-corrected chi connectivity index (χ1v) is 6.43. The molecule has 19 heavy (non-hydrogen) atoms. The third-order valence-electron chi connectivity index (χ3n) is 2.77. The van der Waals surface area contributed by atoms with Gasteiger partial charge in [0.1, 0.15) is 11.5 Å². The van der Waals surface area contributed by atoms with Crippen molar-refractivity contribution < 1.29 is 14.3 Å². The molecule has 0 unspecified atom stereocenters. The summed E-state index contributed by atoms with van der Waals surface area (Å²) in [6, 6.07) is 7.75. The standard InChI is InChI=1S/C16H20O3/c1-13(17)5-3-7-15(18)8-4-6-14-9-11-16(19-2)12-10-14/h4,8-12H,3,5-7H2,1-2H3/b8-4-. The fourth-order valence-electron chi connectivity index (χ4n) is 1.68. The van der Waals surface area contributed by atoms with Crippen LogP contribution in [0.5, 0.6) is 5.75 Å². The van der Waals surface area contributed by atoms with Crippen LogP contribution >= 0.6 is 0 Å². The fraction of sp³-hybridized carbons (Fsp3) is 0.375. The number of carbonyl (C=O) groups is 2. The van der Waals surface area contributed by atoms with Crippen LogP contribution in [0, 0.1) is 0 Å². The van der Waals surface area contributed by atoms with E-state index in [9.17, 15) is 9.59 Å². The normalized spacial score (nSPS) is 10.6. The quantitative estimate of drug-likeness (QED) is 0.674. The zero-order valence-corrected chi connectivity index (χ0v) is 11.5. The van der Waals surface area contributed by atoms with Crippen LogP contribution in [0.2, 0.25) is 0 Å². The van der Waals surface area contributed by atoms with Crippen molar-refractivity contribution in [3.63, 3.8) is 0 Å². The summed E-state index contributed by atoms with van der Waals surface area (Å²) < 4.78 is 5.08. The second-order valence-electron chi connectivity index (χ2n) is 4.48. The molecule has 0 saturated carbocycles. The van der Waals surface area contributed by atoms with Gasteiger partial charge in [-0.25, -0.2) is 0 Å². The number of hydrogen-bond donors (Lipinski definition) is 0. The first-order chi connectivity index (χ1) is 9.11. The minimum absolute atomic E-state index is 0.0785. The zero-order valence-electron chi connectivity index (χ0n) is 11.5. The van der Waals surface area contributed by atoms with E-state index in [0.717, 1.165) is 17.7 Å². The first kappa shape index (κ1) is 15.2. The largest absolute Gasteiger partial charge is 0.497 e. The molecule has 3 heteroatoms. The second-order valence-corrected chi connectivity index (χ2v) is 4.48. The summed E-state index contributed by atoms with van der Waals surface area (Å²) in [5.41, 5.74) is 1.13. The molecule has 0 N–H and O–H groups in total. The van der Waals surface area contributed by atoms with Crippen LogP contribution in [-0.2, 0) is 16.0 Å². The maximum Gasteiger partial charge on any atom is 0.155 e. The smallest absolute Gasteiger partial charge is 0.155 e. The highest BCUT2D eigenvalue weighted by atomic mass is 16.5. The van der Waals surface area contributed by atoms with Crippen molar-refractivity contribution in [2.45, 2.75) is 32.6 Å². The average Bonchev–Trinajstić information content (AvgIpc) is 2.39. The Morgan fingerprint density at radius 2 is 1.84 bits per heavy atom. The van der Waals surface area contributed by atoms with Crippen molar-refractivity contribution in [3.05, 3.63) is 42.0 Å². The molecule has 0 fully saturated rings. The highest BCUT2D eigenvalue weighted by Crippen LogP contribution is 2.11. The number of benzene rings is 1. The molecule has 1 aromatic rings. The lowest BCUT2D eigenvalue weighted by Crippen LogP contribution is -1.96. The lowest BCUT2D eigenvalue weighted by molar-refractivity contribution is -0.117. The number of ether oxygens (including phenoxy) is 1. The monoisotopic (exact) mass is 260 g/mol. The summed E-state index contributed by atoms with van der Waals surface area (Å²) in [5.74, 6) is 1.04. The highest BCUT2D eigenvalue weighted by molar-refractivity contribution is 5.89. The predicted molar refractivity (Wildman–Crippen MR) is 75.4 cm³/mol. The summed E-state index contributed by atoms with van der Waals surface area (Å²) in [6.07, 6.45) is 5.75. The van der Waals surface area contributed by atoms with Crippen LogP contribution in [0.4, 0.5) is 0 Å². The van der Waals surface area contributed by atoms with Crippen molar-refractivity contribution in [1.29, 1.82) is 0 Å². The van der Waals surface area contributed by atoms with Gasteiger partial charge in [-0.1, -0.05) is 18.2 Å². The number of rotatable bonds is 8. The van der Waals surface area contributed by atoms with E-state index in [1.807, 2.05) is 30.3 Å². The van der Waals surface area contributed by atoms with E-state index in [1.165, 1.54) is 0 Å². The van der Waals surface area contributed by atoms with E-state index in [1.54, 1.807) is 20.1 Å². The summed E-state index contributed by atoms with van der Waals surface area (Å²) in [4.78, 5) is 22.2. The molecule has 0 aliphatic carbocycles. The molecule has 1 aromatic carbocycles. The third-order valence-corrected chi connectivity index (χ3v) is 2.77. The molecule has 0 aromatic heterocycles. The van der Waals surface area contributed by atoms with Crippen LogP contribution in [0.3, 0.4) is 0 Å². The Morgan fingerprint density at radius 1 is 1.16 bits per heavy atom. The molecule has 0 amide bonds. The van der Waals surface area contributed by atoms with Crippen LogP contribution in [0.25, 0.3) is 0 Å². The molecule has 0 atom stereocenters. The molecule has 102 valence electrons. The van der Waals surface area contributed by atoms with Crippen molar-refractivity contribution in [2.24, 2.45) is 0 Å². The molecule has 0 spiro atoms. The molecular weight excluding hydrogens is 240 g/mol. The van der Waals surface area contributed by atoms with Gasteiger partial charge < -0.3 is 9.53 Å². The second kappa shape index (κ2) is 8.25. The fourth-order valence-corrected chi connectivity index (χ4v) is 1.68. The van der Waals surface area contributed by atoms with Crippen LogP contribution in [0.1, 0.15) is 31.7 Å². The minimum Gasteiger partial charge on any atom is -0.497 e. The SMILES string of the molecule is COc1ccc(C/C=C\C(=O)CCCC(C)=O)cc1. The van der Waals surface area contributed by atoms with Crippen LogP contribution < -0.4 is 4.74 Å².